The van der Waals surface area contributed by atoms with Crippen molar-refractivity contribution in [1.82, 2.24) is 4.90 Å². The summed E-state index contributed by atoms with van der Waals surface area (Å²) in [6.45, 7) is 1.37. The maximum Gasteiger partial charge on any atom is 0.313 e. The second-order valence-corrected chi connectivity index (χ2v) is 5.58. The van der Waals surface area contributed by atoms with Crippen LogP contribution in [-0.4, -0.2) is 29.8 Å². The topological polar surface area (TPSA) is 49.4 Å². The van der Waals surface area contributed by atoms with Gasteiger partial charge in [-0.05, 0) is 37.1 Å². The number of anilines is 1. The predicted octanol–water partition coefficient (Wildman–Crippen LogP) is 2.79. The van der Waals surface area contributed by atoms with Gasteiger partial charge in [-0.1, -0.05) is 28.8 Å². The molecule has 0 spiro atoms. The standard InChI is InChI=1S/C14H17BrN2O2/c15-11-5-7-12(8-6-11)16-13(18)14(19)17-9-3-1-2-4-10-17/h5-8H,1-4,9-10H2,(H,16,18). The van der Waals surface area contributed by atoms with Gasteiger partial charge in [0, 0.05) is 23.2 Å². The fraction of sp³-hybridized carbons (Fsp3) is 0.429. The average molecular weight is 325 g/mol. The maximum atomic E-state index is 12.0. The molecule has 0 saturated carbocycles. The summed E-state index contributed by atoms with van der Waals surface area (Å²) >= 11 is 3.32. The smallest absolute Gasteiger partial charge is 0.313 e. The van der Waals surface area contributed by atoms with E-state index in [1.54, 1.807) is 17.0 Å². The zero-order chi connectivity index (χ0) is 13.7. The van der Waals surface area contributed by atoms with Crippen LogP contribution in [0, 0.1) is 0 Å². The molecule has 1 N–H and O–H groups in total. The van der Waals surface area contributed by atoms with E-state index in [9.17, 15) is 9.59 Å². The monoisotopic (exact) mass is 324 g/mol. The molecule has 1 heterocycles. The Balaban J connectivity index is 1.94. The molecule has 0 radical (unpaired) electrons. The van der Waals surface area contributed by atoms with Gasteiger partial charge in [0.15, 0.2) is 0 Å². The van der Waals surface area contributed by atoms with E-state index in [2.05, 4.69) is 21.2 Å². The van der Waals surface area contributed by atoms with Crippen LogP contribution in [0.2, 0.25) is 0 Å². The fourth-order valence-electron chi connectivity index (χ4n) is 2.14. The Labute approximate surface area is 121 Å². The van der Waals surface area contributed by atoms with Crippen LogP contribution in [-0.2, 0) is 9.59 Å². The number of nitrogens with zero attached hydrogens (tertiary/aromatic N) is 1. The molecular formula is C14H17BrN2O2. The van der Waals surface area contributed by atoms with Gasteiger partial charge >= 0.3 is 11.8 Å². The van der Waals surface area contributed by atoms with Gasteiger partial charge in [0.25, 0.3) is 0 Å². The zero-order valence-corrected chi connectivity index (χ0v) is 12.3. The molecule has 2 rings (SSSR count). The Hall–Kier alpha value is -1.36. The van der Waals surface area contributed by atoms with E-state index in [1.807, 2.05) is 12.1 Å². The third-order valence-corrected chi connectivity index (χ3v) is 3.72. The summed E-state index contributed by atoms with van der Waals surface area (Å²) in [5.41, 5.74) is 0.636. The van der Waals surface area contributed by atoms with Gasteiger partial charge in [-0.25, -0.2) is 0 Å². The van der Waals surface area contributed by atoms with E-state index in [1.165, 1.54) is 0 Å². The number of carbonyl (C=O) groups excluding carboxylic acids is 2. The molecular weight excluding hydrogens is 308 g/mol. The number of rotatable bonds is 1. The SMILES string of the molecule is O=C(Nc1ccc(Br)cc1)C(=O)N1CCCCCC1. The molecule has 1 aliphatic rings. The minimum absolute atomic E-state index is 0.426. The normalized spacial score (nSPS) is 15.7. The lowest BCUT2D eigenvalue weighted by molar-refractivity contribution is -0.143. The second-order valence-electron chi connectivity index (χ2n) is 4.67. The first kappa shape index (κ1) is 14.1. The molecule has 1 aromatic rings. The lowest BCUT2D eigenvalue weighted by Crippen LogP contribution is -2.40. The predicted molar refractivity (Wildman–Crippen MR) is 77.8 cm³/mol. The van der Waals surface area contributed by atoms with Crippen LogP contribution in [0.5, 0.6) is 0 Å². The first-order valence-electron chi connectivity index (χ1n) is 6.52. The molecule has 0 unspecified atom stereocenters. The van der Waals surface area contributed by atoms with E-state index >= 15 is 0 Å². The van der Waals surface area contributed by atoms with E-state index in [-0.39, 0.29) is 0 Å². The van der Waals surface area contributed by atoms with Crippen molar-refractivity contribution in [3.05, 3.63) is 28.7 Å². The number of halogens is 1. The van der Waals surface area contributed by atoms with Crippen LogP contribution in [0.3, 0.4) is 0 Å². The van der Waals surface area contributed by atoms with Crippen LogP contribution < -0.4 is 5.32 Å². The van der Waals surface area contributed by atoms with Crippen molar-refractivity contribution in [2.75, 3.05) is 18.4 Å². The quantitative estimate of drug-likeness (QED) is 0.807. The summed E-state index contributed by atoms with van der Waals surface area (Å²) in [5, 5.41) is 2.64. The molecule has 1 saturated heterocycles. The van der Waals surface area contributed by atoms with Gasteiger partial charge in [-0.15, -0.1) is 0 Å². The Bertz CT molecular complexity index is 451. The molecule has 19 heavy (non-hydrogen) atoms. The van der Waals surface area contributed by atoms with Crippen LogP contribution in [0.15, 0.2) is 28.7 Å². The first-order chi connectivity index (χ1) is 9.16. The Morgan fingerprint density at radius 1 is 1.00 bits per heavy atom. The molecule has 0 aliphatic carbocycles. The van der Waals surface area contributed by atoms with Gasteiger partial charge in [0.2, 0.25) is 0 Å². The van der Waals surface area contributed by atoms with Crippen molar-refractivity contribution in [3.8, 4) is 0 Å². The molecule has 4 nitrogen and oxygen atoms in total. The minimum atomic E-state index is -0.552. The number of amides is 2. The van der Waals surface area contributed by atoms with Gasteiger partial charge < -0.3 is 10.2 Å². The number of likely N-dealkylation sites (tertiary alicyclic amines) is 1. The van der Waals surface area contributed by atoms with Crippen LogP contribution >= 0.6 is 15.9 Å². The van der Waals surface area contributed by atoms with Crippen molar-refractivity contribution in [3.63, 3.8) is 0 Å². The van der Waals surface area contributed by atoms with Gasteiger partial charge in [-0.2, -0.15) is 0 Å². The third kappa shape index (κ3) is 4.06. The molecule has 2 amide bonds. The molecule has 102 valence electrons. The summed E-state index contributed by atoms with van der Waals surface area (Å²) in [5.74, 6) is -0.978. The van der Waals surface area contributed by atoms with Crippen molar-refractivity contribution >= 4 is 33.4 Å². The summed E-state index contributed by atoms with van der Waals surface area (Å²) in [6, 6.07) is 7.17. The maximum absolute atomic E-state index is 12.0. The van der Waals surface area contributed by atoms with E-state index in [4.69, 9.17) is 0 Å². The lowest BCUT2D eigenvalue weighted by atomic mass is 10.2. The van der Waals surface area contributed by atoms with Crippen molar-refractivity contribution in [1.29, 1.82) is 0 Å². The average Bonchev–Trinajstić information content (AvgIpc) is 2.69. The van der Waals surface area contributed by atoms with Crippen molar-refractivity contribution < 1.29 is 9.59 Å². The highest BCUT2D eigenvalue weighted by Gasteiger charge is 2.22. The number of nitrogens with one attached hydrogen (secondary N) is 1. The van der Waals surface area contributed by atoms with E-state index in [0.717, 1.165) is 30.2 Å². The molecule has 0 atom stereocenters. The van der Waals surface area contributed by atoms with Crippen molar-refractivity contribution in [2.24, 2.45) is 0 Å². The molecule has 1 aromatic carbocycles. The van der Waals surface area contributed by atoms with Gasteiger partial charge in [0.05, 0.1) is 0 Å². The first-order valence-corrected chi connectivity index (χ1v) is 7.32. The molecule has 0 aromatic heterocycles. The number of carbonyl (C=O) groups is 2. The van der Waals surface area contributed by atoms with Crippen LogP contribution in [0.1, 0.15) is 25.7 Å². The Kier molecular flexibility index (Phi) is 4.96. The molecule has 5 heteroatoms. The number of hydrogen-bond acceptors (Lipinski definition) is 2. The summed E-state index contributed by atoms with van der Waals surface area (Å²) < 4.78 is 0.935. The highest BCUT2D eigenvalue weighted by molar-refractivity contribution is 9.10. The third-order valence-electron chi connectivity index (χ3n) is 3.19. The molecule has 1 fully saturated rings. The minimum Gasteiger partial charge on any atom is -0.334 e. The van der Waals surface area contributed by atoms with Gasteiger partial charge in [-0.3, -0.25) is 9.59 Å². The van der Waals surface area contributed by atoms with Crippen LogP contribution in [0.4, 0.5) is 5.69 Å². The summed E-state index contributed by atoms with van der Waals surface area (Å²) in [4.78, 5) is 25.6. The Morgan fingerprint density at radius 3 is 2.16 bits per heavy atom. The summed E-state index contributed by atoms with van der Waals surface area (Å²) in [6.07, 6.45) is 4.24. The van der Waals surface area contributed by atoms with E-state index < -0.39 is 11.8 Å². The lowest BCUT2D eigenvalue weighted by Gasteiger charge is -2.19. The number of benzene rings is 1. The largest absolute Gasteiger partial charge is 0.334 e. The van der Waals surface area contributed by atoms with E-state index in [0.29, 0.717) is 18.8 Å². The molecule has 1 aliphatic heterocycles. The zero-order valence-electron chi connectivity index (χ0n) is 10.7. The molecule has 0 bridgehead atoms. The number of hydrogen-bond donors (Lipinski definition) is 1. The van der Waals surface area contributed by atoms with Crippen molar-refractivity contribution in [2.45, 2.75) is 25.7 Å². The second kappa shape index (κ2) is 6.70. The van der Waals surface area contributed by atoms with Crippen LogP contribution in [0.25, 0.3) is 0 Å². The highest BCUT2D eigenvalue weighted by Crippen LogP contribution is 2.15. The highest BCUT2D eigenvalue weighted by atomic mass is 79.9. The van der Waals surface area contributed by atoms with Gasteiger partial charge in [0.1, 0.15) is 0 Å². The summed E-state index contributed by atoms with van der Waals surface area (Å²) in [7, 11) is 0. The fourth-order valence-corrected chi connectivity index (χ4v) is 2.40. The Morgan fingerprint density at radius 2 is 1.58 bits per heavy atom.